The Hall–Kier alpha value is -1.30. The Bertz CT molecular complexity index is 355. The highest BCUT2D eigenvalue weighted by molar-refractivity contribution is 5.69. The second kappa shape index (κ2) is 3.69. The SMILES string of the molecule is CC(C)(C)c1ccc2c(c1)NNNNN2. The van der Waals surface area contributed by atoms with Crippen LogP contribution in [0.3, 0.4) is 0 Å². The number of fused-ring (bicyclic) bond motifs is 1. The van der Waals surface area contributed by atoms with E-state index in [9.17, 15) is 0 Å². The lowest BCUT2D eigenvalue weighted by atomic mass is 9.87. The number of rotatable bonds is 0. The van der Waals surface area contributed by atoms with E-state index < -0.39 is 0 Å². The van der Waals surface area contributed by atoms with Gasteiger partial charge < -0.3 is 10.9 Å². The van der Waals surface area contributed by atoms with Crippen LogP contribution in [0, 0.1) is 0 Å². The van der Waals surface area contributed by atoms with Gasteiger partial charge in [0, 0.05) is 0 Å². The summed E-state index contributed by atoms with van der Waals surface area (Å²) in [6.45, 7) is 6.59. The van der Waals surface area contributed by atoms with E-state index in [0.717, 1.165) is 11.4 Å². The van der Waals surface area contributed by atoms with Crippen molar-refractivity contribution in [2.45, 2.75) is 26.2 Å². The zero-order valence-corrected chi connectivity index (χ0v) is 9.23. The van der Waals surface area contributed by atoms with Crippen LogP contribution in [0.1, 0.15) is 26.3 Å². The fraction of sp³-hybridized carbons (Fsp3) is 0.400. The lowest BCUT2D eigenvalue weighted by molar-refractivity contribution is 0.519. The molecule has 0 aromatic heterocycles. The van der Waals surface area contributed by atoms with E-state index in [-0.39, 0.29) is 5.41 Å². The van der Waals surface area contributed by atoms with Gasteiger partial charge in [-0.05, 0) is 23.1 Å². The van der Waals surface area contributed by atoms with Gasteiger partial charge in [-0.1, -0.05) is 26.8 Å². The lowest BCUT2D eigenvalue weighted by Crippen LogP contribution is -2.46. The third-order valence-corrected chi connectivity index (χ3v) is 2.40. The van der Waals surface area contributed by atoms with E-state index in [0.29, 0.717) is 0 Å². The molecule has 0 spiro atoms. The maximum atomic E-state index is 3.05. The van der Waals surface area contributed by atoms with E-state index in [1.807, 2.05) is 6.07 Å². The molecule has 82 valence electrons. The number of anilines is 2. The van der Waals surface area contributed by atoms with Crippen LogP contribution in [0.2, 0.25) is 0 Å². The highest BCUT2D eigenvalue weighted by Crippen LogP contribution is 2.29. The molecule has 0 saturated heterocycles. The van der Waals surface area contributed by atoms with E-state index in [4.69, 9.17) is 0 Å². The first-order chi connectivity index (χ1) is 7.07. The van der Waals surface area contributed by atoms with Crippen molar-refractivity contribution < 1.29 is 0 Å². The molecular weight excluding hydrogens is 190 g/mol. The van der Waals surface area contributed by atoms with Crippen molar-refractivity contribution in [1.29, 1.82) is 0 Å². The van der Waals surface area contributed by atoms with Gasteiger partial charge in [0.2, 0.25) is 0 Å². The molecule has 1 aromatic carbocycles. The minimum atomic E-state index is 0.157. The normalized spacial score (nSPS) is 15.9. The fourth-order valence-corrected chi connectivity index (χ4v) is 1.45. The number of nitrogens with one attached hydrogen (secondary N) is 5. The van der Waals surface area contributed by atoms with E-state index in [1.54, 1.807) is 0 Å². The zero-order valence-electron chi connectivity index (χ0n) is 9.23. The van der Waals surface area contributed by atoms with E-state index in [2.05, 4.69) is 60.4 Å². The summed E-state index contributed by atoms with van der Waals surface area (Å²) in [7, 11) is 0. The van der Waals surface area contributed by atoms with E-state index >= 15 is 0 Å². The Morgan fingerprint density at radius 1 is 0.867 bits per heavy atom. The second-order valence-electron chi connectivity index (χ2n) is 4.64. The van der Waals surface area contributed by atoms with Crippen LogP contribution in [-0.2, 0) is 5.41 Å². The molecule has 5 N–H and O–H groups in total. The molecule has 1 aliphatic rings. The Kier molecular flexibility index (Phi) is 2.52. The average molecular weight is 207 g/mol. The molecular formula is C10H17N5. The van der Waals surface area contributed by atoms with Crippen LogP contribution in [-0.4, -0.2) is 0 Å². The molecule has 0 amide bonds. The van der Waals surface area contributed by atoms with Gasteiger partial charge in [-0.3, -0.25) is 0 Å². The van der Waals surface area contributed by atoms with Gasteiger partial charge in [0.15, 0.2) is 0 Å². The first-order valence-corrected chi connectivity index (χ1v) is 4.99. The summed E-state index contributed by atoms with van der Waals surface area (Å²) < 4.78 is 0. The lowest BCUT2D eigenvalue weighted by Gasteiger charge is -2.20. The maximum absolute atomic E-state index is 3.05. The van der Waals surface area contributed by atoms with E-state index in [1.165, 1.54) is 5.56 Å². The summed E-state index contributed by atoms with van der Waals surface area (Å²) in [5.41, 5.74) is 17.9. The predicted molar refractivity (Wildman–Crippen MR) is 61.8 cm³/mol. The van der Waals surface area contributed by atoms with Gasteiger partial charge in [-0.15, -0.1) is 0 Å². The fourth-order valence-electron chi connectivity index (χ4n) is 1.45. The molecule has 0 unspecified atom stereocenters. The number of hydrazine groups is 4. The van der Waals surface area contributed by atoms with Gasteiger partial charge >= 0.3 is 0 Å². The number of hydrogen-bond donors (Lipinski definition) is 5. The number of benzene rings is 1. The summed E-state index contributed by atoms with van der Waals surface area (Å²) >= 11 is 0. The summed E-state index contributed by atoms with van der Waals surface area (Å²) in [4.78, 5) is 0. The minimum absolute atomic E-state index is 0.157. The summed E-state index contributed by atoms with van der Waals surface area (Å²) in [5.74, 6) is 0. The Morgan fingerprint density at radius 2 is 1.53 bits per heavy atom. The largest absolute Gasteiger partial charge is 0.305 e. The zero-order chi connectivity index (χ0) is 10.9. The molecule has 1 aromatic rings. The third kappa shape index (κ3) is 2.20. The highest BCUT2D eigenvalue weighted by atomic mass is 15.8. The highest BCUT2D eigenvalue weighted by Gasteiger charge is 2.16. The minimum Gasteiger partial charge on any atom is -0.305 e. The molecule has 0 radical (unpaired) electrons. The summed E-state index contributed by atoms with van der Waals surface area (Å²) in [6, 6.07) is 6.30. The van der Waals surface area contributed by atoms with Crippen LogP contribution in [0.15, 0.2) is 18.2 Å². The first-order valence-electron chi connectivity index (χ1n) is 4.99. The quantitative estimate of drug-likeness (QED) is 0.443. The van der Waals surface area contributed by atoms with Crippen LogP contribution in [0.25, 0.3) is 0 Å². The first kappa shape index (κ1) is 10.2. The maximum Gasteiger partial charge on any atom is 0.0749 e. The van der Waals surface area contributed by atoms with Crippen LogP contribution < -0.4 is 27.5 Å². The van der Waals surface area contributed by atoms with Crippen molar-refractivity contribution in [1.82, 2.24) is 16.6 Å². The Balaban J connectivity index is 2.36. The molecule has 1 heterocycles. The summed E-state index contributed by atoms with van der Waals surface area (Å²) in [5, 5.41) is 0. The number of hydrogen-bond acceptors (Lipinski definition) is 5. The van der Waals surface area contributed by atoms with Crippen molar-refractivity contribution >= 4 is 11.4 Å². The van der Waals surface area contributed by atoms with Crippen LogP contribution in [0.4, 0.5) is 11.4 Å². The van der Waals surface area contributed by atoms with Gasteiger partial charge in [0.05, 0.1) is 11.4 Å². The smallest absolute Gasteiger partial charge is 0.0749 e. The Labute approximate surface area is 89.5 Å². The van der Waals surface area contributed by atoms with Gasteiger partial charge in [-0.2, -0.15) is 16.6 Å². The molecule has 5 nitrogen and oxygen atoms in total. The van der Waals surface area contributed by atoms with Crippen molar-refractivity contribution in [2.24, 2.45) is 0 Å². The molecule has 5 heteroatoms. The van der Waals surface area contributed by atoms with Gasteiger partial charge in [0.1, 0.15) is 0 Å². The van der Waals surface area contributed by atoms with Gasteiger partial charge in [-0.25, -0.2) is 0 Å². The van der Waals surface area contributed by atoms with Crippen molar-refractivity contribution in [3.63, 3.8) is 0 Å². The Morgan fingerprint density at radius 3 is 2.20 bits per heavy atom. The molecule has 0 saturated carbocycles. The monoisotopic (exact) mass is 207 g/mol. The molecule has 15 heavy (non-hydrogen) atoms. The second-order valence-corrected chi connectivity index (χ2v) is 4.64. The van der Waals surface area contributed by atoms with Crippen molar-refractivity contribution in [3.05, 3.63) is 23.8 Å². The topological polar surface area (TPSA) is 60.1 Å². The van der Waals surface area contributed by atoms with Crippen molar-refractivity contribution in [2.75, 3.05) is 10.9 Å². The average Bonchev–Trinajstić information content (AvgIpc) is 2.39. The third-order valence-electron chi connectivity index (χ3n) is 2.40. The molecule has 2 rings (SSSR count). The molecule has 0 atom stereocenters. The molecule has 1 aliphatic heterocycles. The predicted octanol–water partition coefficient (Wildman–Crippen LogP) is 1.25. The van der Waals surface area contributed by atoms with Crippen LogP contribution >= 0.6 is 0 Å². The van der Waals surface area contributed by atoms with Crippen LogP contribution in [0.5, 0.6) is 0 Å². The molecule has 0 bridgehead atoms. The molecule has 0 fully saturated rings. The summed E-state index contributed by atoms with van der Waals surface area (Å²) in [6.07, 6.45) is 0. The van der Waals surface area contributed by atoms with Gasteiger partial charge in [0.25, 0.3) is 0 Å². The molecule has 0 aliphatic carbocycles. The standard InChI is InChI=1S/C10H17N5/c1-10(2,3)7-4-5-8-9(6-7)12-14-15-13-11-8/h4-6,11-15H,1-3H3. The van der Waals surface area contributed by atoms with Crippen molar-refractivity contribution in [3.8, 4) is 0 Å².